The standard InChI is InChI=1S/C25H32FN3O4/c1-4-29-21-18(13-25(15-27-22(21)30)9-11-32-12-10-25)20(28-29)14-24(2,3)16-33-23(31)17-7-5-6-8-19(17)26/h5-8H,4,9-16H2,1-3H3,(H,27,30). The van der Waals surface area contributed by atoms with E-state index in [4.69, 9.17) is 14.6 Å². The molecule has 0 aliphatic carbocycles. The van der Waals surface area contributed by atoms with Gasteiger partial charge in [0.2, 0.25) is 0 Å². The van der Waals surface area contributed by atoms with Crippen molar-refractivity contribution >= 4 is 11.9 Å². The van der Waals surface area contributed by atoms with E-state index in [1.807, 2.05) is 20.8 Å². The van der Waals surface area contributed by atoms with Crippen LogP contribution in [-0.2, 0) is 28.9 Å². The Labute approximate surface area is 193 Å². The third-order valence-electron chi connectivity index (χ3n) is 6.71. The van der Waals surface area contributed by atoms with Gasteiger partial charge in [0.1, 0.15) is 11.5 Å². The summed E-state index contributed by atoms with van der Waals surface area (Å²) in [5, 5.41) is 7.90. The highest BCUT2D eigenvalue weighted by Gasteiger charge is 2.40. The van der Waals surface area contributed by atoms with E-state index < -0.39 is 17.2 Å². The number of carbonyl (C=O) groups is 2. The molecule has 0 radical (unpaired) electrons. The molecule has 178 valence electrons. The second kappa shape index (κ2) is 9.25. The molecule has 4 rings (SSSR count). The van der Waals surface area contributed by atoms with Crippen molar-refractivity contribution in [2.45, 2.75) is 53.0 Å². The van der Waals surface area contributed by atoms with E-state index in [0.29, 0.717) is 38.4 Å². The lowest BCUT2D eigenvalue weighted by molar-refractivity contribution is 0.0159. The molecule has 8 heteroatoms. The van der Waals surface area contributed by atoms with Crippen LogP contribution < -0.4 is 5.32 Å². The lowest BCUT2D eigenvalue weighted by Gasteiger charge is -2.36. The Hall–Kier alpha value is -2.74. The van der Waals surface area contributed by atoms with Gasteiger partial charge in [-0.05, 0) is 43.7 Å². The number of aromatic nitrogens is 2. The van der Waals surface area contributed by atoms with Crippen LogP contribution in [0.1, 0.15) is 65.7 Å². The van der Waals surface area contributed by atoms with E-state index in [2.05, 4.69) is 5.32 Å². The minimum atomic E-state index is -0.681. The molecular formula is C25H32FN3O4. The number of amides is 1. The normalized spacial score (nSPS) is 17.9. The average Bonchev–Trinajstić information content (AvgIpc) is 3.05. The smallest absolute Gasteiger partial charge is 0.341 e. The van der Waals surface area contributed by atoms with Crippen LogP contribution in [0.2, 0.25) is 0 Å². The molecule has 7 nitrogen and oxygen atoms in total. The lowest BCUT2D eigenvalue weighted by atomic mass is 9.74. The van der Waals surface area contributed by atoms with Gasteiger partial charge in [0.05, 0.1) is 17.9 Å². The van der Waals surface area contributed by atoms with Crippen molar-refractivity contribution in [3.05, 3.63) is 52.6 Å². The Morgan fingerprint density at radius 1 is 1.30 bits per heavy atom. The van der Waals surface area contributed by atoms with Crippen LogP contribution in [0.4, 0.5) is 4.39 Å². The Balaban J connectivity index is 1.56. The van der Waals surface area contributed by atoms with Crippen molar-refractivity contribution in [1.29, 1.82) is 0 Å². The molecule has 0 unspecified atom stereocenters. The van der Waals surface area contributed by atoms with Gasteiger partial charge >= 0.3 is 5.97 Å². The monoisotopic (exact) mass is 457 g/mol. The second-order valence-corrected chi connectivity index (χ2v) is 9.96. The van der Waals surface area contributed by atoms with Gasteiger partial charge in [-0.3, -0.25) is 9.48 Å². The minimum absolute atomic E-state index is 0.0308. The van der Waals surface area contributed by atoms with Crippen molar-refractivity contribution in [2.24, 2.45) is 10.8 Å². The number of carbonyl (C=O) groups excluding carboxylic acids is 2. The molecule has 2 aromatic rings. The number of ether oxygens (including phenoxy) is 2. The lowest BCUT2D eigenvalue weighted by Crippen LogP contribution is -2.40. The molecule has 1 N–H and O–H groups in total. The second-order valence-electron chi connectivity index (χ2n) is 9.96. The van der Waals surface area contributed by atoms with Gasteiger partial charge in [0, 0.05) is 43.7 Å². The molecule has 0 bridgehead atoms. The highest BCUT2D eigenvalue weighted by molar-refractivity contribution is 5.95. The van der Waals surface area contributed by atoms with E-state index in [9.17, 15) is 14.0 Å². The molecule has 2 aliphatic heterocycles. The van der Waals surface area contributed by atoms with Gasteiger partial charge in [-0.2, -0.15) is 5.10 Å². The van der Waals surface area contributed by atoms with Crippen LogP contribution in [0.3, 0.4) is 0 Å². The summed E-state index contributed by atoms with van der Waals surface area (Å²) in [6.45, 7) is 8.67. The van der Waals surface area contributed by atoms with Crippen molar-refractivity contribution < 1.29 is 23.5 Å². The Morgan fingerprint density at radius 3 is 2.73 bits per heavy atom. The summed E-state index contributed by atoms with van der Waals surface area (Å²) in [5.41, 5.74) is 1.93. The zero-order chi connectivity index (χ0) is 23.6. The van der Waals surface area contributed by atoms with Gasteiger partial charge in [-0.15, -0.1) is 0 Å². The van der Waals surface area contributed by atoms with Crippen LogP contribution in [0.15, 0.2) is 24.3 Å². The van der Waals surface area contributed by atoms with Crippen molar-refractivity contribution in [1.82, 2.24) is 15.1 Å². The highest BCUT2D eigenvalue weighted by Crippen LogP contribution is 2.38. The highest BCUT2D eigenvalue weighted by atomic mass is 19.1. The number of hydrogen-bond acceptors (Lipinski definition) is 5. The summed E-state index contributed by atoms with van der Waals surface area (Å²) in [7, 11) is 0. The van der Waals surface area contributed by atoms with E-state index in [0.717, 1.165) is 30.5 Å². The number of benzene rings is 1. The predicted octanol–water partition coefficient (Wildman–Crippen LogP) is 3.55. The molecule has 33 heavy (non-hydrogen) atoms. The average molecular weight is 458 g/mol. The molecule has 1 spiro atoms. The first kappa shape index (κ1) is 23.4. The fourth-order valence-electron chi connectivity index (χ4n) is 4.78. The molecule has 0 saturated carbocycles. The molecular weight excluding hydrogens is 425 g/mol. The maximum Gasteiger partial charge on any atom is 0.341 e. The summed E-state index contributed by atoms with van der Waals surface area (Å²) in [6, 6.07) is 5.80. The number of halogens is 1. The number of nitrogens with one attached hydrogen (secondary N) is 1. The molecule has 2 aliphatic rings. The Bertz CT molecular complexity index is 1040. The summed E-state index contributed by atoms with van der Waals surface area (Å²) in [5.74, 6) is -1.36. The zero-order valence-corrected chi connectivity index (χ0v) is 19.6. The topological polar surface area (TPSA) is 82.5 Å². The van der Waals surface area contributed by atoms with E-state index in [1.165, 1.54) is 18.2 Å². The molecule has 3 heterocycles. The maximum atomic E-state index is 13.9. The van der Waals surface area contributed by atoms with Crippen LogP contribution in [0, 0.1) is 16.6 Å². The van der Waals surface area contributed by atoms with E-state index in [1.54, 1.807) is 10.7 Å². The van der Waals surface area contributed by atoms with Crippen LogP contribution in [-0.4, -0.2) is 48.0 Å². The van der Waals surface area contributed by atoms with E-state index in [-0.39, 0.29) is 23.5 Å². The molecule has 1 amide bonds. The molecule has 1 aromatic carbocycles. The van der Waals surface area contributed by atoms with Gasteiger partial charge in [-0.1, -0.05) is 26.0 Å². The number of esters is 1. The number of nitrogens with zero attached hydrogens (tertiary/aromatic N) is 2. The fourth-order valence-corrected chi connectivity index (χ4v) is 4.78. The van der Waals surface area contributed by atoms with Gasteiger partial charge < -0.3 is 14.8 Å². The van der Waals surface area contributed by atoms with Crippen LogP contribution in [0.25, 0.3) is 0 Å². The first-order valence-electron chi connectivity index (χ1n) is 11.6. The fraction of sp³-hybridized carbons (Fsp3) is 0.560. The number of hydrogen-bond donors (Lipinski definition) is 1. The third-order valence-corrected chi connectivity index (χ3v) is 6.71. The first-order chi connectivity index (χ1) is 15.7. The van der Waals surface area contributed by atoms with Gasteiger partial charge in [0.25, 0.3) is 5.91 Å². The number of fused-ring (bicyclic) bond motifs is 1. The van der Waals surface area contributed by atoms with Crippen molar-refractivity contribution in [3.8, 4) is 0 Å². The van der Waals surface area contributed by atoms with Crippen molar-refractivity contribution in [2.75, 3.05) is 26.4 Å². The van der Waals surface area contributed by atoms with Crippen molar-refractivity contribution in [3.63, 3.8) is 0 Å². The first-order valence-corrected chi connectivity index (χ1v) is 11.6. The van der Waals surface area contributed by atoms with Gasteiger partial charge in [0.15, 0.2) is 0 Å². The summed E-state index contributed by atoms with van der Waals surface area (Å²) in [6.07, 6.45) is 3.10. The maximum absolute atomic E-state index is 13.9. The van der Waals surface area contributed by atoms with Gasteiger partial charge in [-0.25, -0.2) is 9.18 Å². The largest absolute Gasteiger partial charge is 0.461 e. The summed E-state index contributed by atoms with van der Waals surface area (Å²) < 4.78 is 26.8. The zero-order valence-electron chi connectivity index (χ0n) is 19.6. The number of rotatable bonds is 6. The van der Waals surface area contributed by atoms with E-state index >= 15 is 0 Å². The Kier molecular flexibility index (Phi) is 6.56. The predicted molar refractivity (Wildman–Crippen MR) is 121 cm³/mol. The summed E-state index contributed by atoms with van der Waals surface area (Å²) >= 11 is 0. The minimum Gasteiger partial charge on any atom is -0.461 e. The summed E-state index contributed by atoms with van der Waals surface area (Å²) in [4.78, 5) is 25.4. The quantitative estimate of drug-likeness (QED) is 0.671. The molecule has 1 aromatic heterocycles. The third kappa shape index (κ3) is 4.95. The molecule has 0 atom stereocenters. The molecule has 1 saturated heterocycles. The van der Waals surface area contributed by atoms with Crippen LogP contribution >= 0.6 is 0 Å². The SMILES string of the molecule is CCn1nc(CC(C)(C)COC(=O)c2ccccc2F)c2c1C(=O)NCC1(CCOCC1)C2. The number of aryl methyl sites for hydroxylation is 1. The molecule has 1 fully saturated rings. The van der Waals surface area contributed by atoms with Crippen LogP contribution in [0.5, 0.6) is 0 Å². The Morgan fingerprint density at radius 2 is 2.03 bits per heavy atom.